The van der Waals surface area contributed by atoms with Gasteiger partial charge < -0.3 is 10.2 Å². The van der Waals surface area contributed by atoms with Crippen molar-refractivity contribution in [2.75, 3.05) is 0 Å². The smallest absolute Gasteiger partial charge is 0.147 e. The summed E-state index contributed by atoms with van der Waals surface area (Å²) in [6.45, 7) is 3.78. The first-order valence-corrected chi connectivity index (χ1v) is 7.74. The number of rotatable bonds is 2. The van der Waals surface area contributed by atoms with Gasteiger partial charge in [-0.05, 0) is 29.3 Å². The summed E-state index contributed by atoms with van der Waals surface area (Å²) < 4.78 is -1.26. The maximum atomic E-state index is 9.61. The molecule has 1 aliphatic carbocycles. The van der Waals surface area contributed by atoms with Crippen LogP contribution in [-0.4, -0.2) is 14.5 Å². The predicted molar refractivity (Wildman–Crippen MR) is 89.0 cm³/mol. The van der Waals surface area contributed by atoms with Crippen LogP contribution in [0.5, 0.6) is 5.75 Å². The summed E-state index contributed by atoms with van der Waals surface area (Å²) in [5.41, 5.74) is 0.615. The number of alkyl halides is 2. The number of phenolic OH excluding ortho intramolecular Hbond substituents is 1. The van der Waals surface area contributed by atoms with Crippen LogP contribution in [0.1, 0.15) is 25.8 Å². The average molecular weight is 368 g/mol. The van der Waals surface area contributed by atoms with Gasteiger partial charge in [0.15, 0.2) is 0 Å². The third kappa shape index (κ3) is 3.14. The summed E-state index contributed by atoms with van der Waals surface area (Å²) in [4.78, 5) is 0. The number of hydrogen-bond acceptors (Lipinski definition) is 2. The molecular weight excluding hydrogens is 354 g/mol. The molecule has 1 aromatic rings. The quantitative estimate of drug-likeness (QED) is 0.636. The zero-order valence-electron chi connectivity index (χ0n) is 11.4. The van der Waals surface area contributed by atoms with E-state index in [4.69, 9.17) is 46.4 Å². The Balaban J connectivity index is 2.63. The molecule has 1 aromatic carbocycles. The van der Waals surface area contributed by atoms with E-state index in [-0.39, 0.29) is 17.9 Å². The Morgan fingerprint density at radius 3 is 2.05 bits per heavy atom. The molecule has 1 aliphatic rings. The van der Waals surface area contributed by atoms with E-state index in [0.29, 0.717) is 21.2 Å². The molecule has 21 heavy (non-hydrogen) atoms. The summed E-state index contributed by atoms with van der Waals surface area (Å²) in [7, 11) is 0. The molecule has 2 nitrogen and oxygen atoms in total. The Labute approximate surface area is 143 Å². The minimum absolute atomic E-state index is 0.0114. The summed E-state index contributed by atoms with van der Waals surface area (Å²) in [5, 5.41) is 19.8. The number of phenols is 1. The Bertz CT molecular complexity index is 622. The fourth-order valence-electron chi connectivity index (χ4n) is 2.64. The predicted octanol–water partition coefficient (Wildman–Crippen LogP) is 5.92. The van der Waals surface area contributed by atoms with E-state index >= 15 is 0 Å². The third-order valence-electron chi connectivity index (χ3n) is 3.56. The molecule has 0 radical (unpaired) electrons. The molecule has 0 aromatic heterocycles. The summed E-state index contributed by atoms with van der Waals surface area (Å²) in [6.07, 6.45) is 3.35. The van der Waals surface area contributed by atoms with Gasteiger partial charge in [0.25, 0.3) is 0 Å². The van der Waals surface area contributed by atoms with Crippen molar-refractivity contribution >= 4 is 46.4 Å². The largest absolute Gasteiger partial charge is 0.512 e. The van der Waals surface area contributed by atoms with Crippen LogP contribution in [0, 0.1) is 0 Å². The fourth-order valence-corrected chi connectivity index (χ4v) is 4.46. The molecule has 114 valence electrons. The standard InChI is InChI=1S/C15H14Cl4O2/c1-14(2,12-4-3-8(20)7-15(12,18)19)13-10(16)5-9(21)6-11(13)17/h3-6,20-21H,7H2,1-2H3. The number of aromatic hydroxyl groups is 1. The molecule has 0 bridgehead atoms. The molecule has 0 unspecified atom stereocenters. The first-order valence-electron chi connectivity index (χ1n) is 6.23. The van der Waals surface area contributed by atoms with E-state index in [0.717, 1.165) is 0 Å². The lowest BCUT2D eigenvalue weighted by molar-refractivity contribution is 0.376. The highest BCUT2D eigenvalue weighted by Gasteiger charge is 2.43. The van der Waals surface area contributed by atoms with Gasteiger partial charge in [0, 0.05) is 21.9 Å². The molecule has 0 amide bonds. The lowest BCUT2D eigenvalue weighted by Crippen LogP contribution is -2.34. The molecule has 0 saturated heterocycles. The summed E-state index contributed by atoms with van der Waals surface area (Å²) in [6, 6.07) is 2.84. The molecule has 0 heterocycles. The number of aliphatic hydroxyl groups excluding tert-OH is 1. The second-order valence-corrected chi connectivity index (χ2v) is 7.83. The van der Waals surface area contributed by atoms with Crippen LogP contribution in [-0.2, 0) is 5.41 Å². The van der Waals surface area contributed by atoms with Crippen LogP contribution >= 0.6 is 46.4 Å². The third-order valence-corrected chi connectivity index (χ3v) is 4.84. The molecule has 0 spiro atoms. The lowest BCUT2D eigenvalue weighted by Gasteiger charge is -2.38. The van der Waals surface area contributed by atoms with Crippen molar-refractivity contribution in [2.24, 2.45) is 0 Å². The van der Waals surface area contributed by atoms with Crippen molar-refractivity contribution in [1.29, 1.82) is 0 Å². The number of benzene rings is 1. The second-order valence-electron chi connectivity index (χ2n) is 5.53. The minimum atomic E-state index is -1.26. The van der Waals surface area contributed by atoms with Gasteiger partial charge >= 0.3 is 0 Å². The molecule has 2 N–H and O–H groups in total. The van der Waals surface area contributed by atoms with Crippen LogP contribution < -0.4 is 0 Å². The molecule has 0 aliphatic heterocycles. The Morgan fingerprint density at radius 2 is 1.57 bits per heavy atom. The van der Waals surface area contributed by atoms with Gasteiger partial charge in [0.2, 0.25) is 0 Å². The van der Waals surface area contributed by atoms with E-state index in [1.54, 1.807) is 12.2 Å². The van der Waals surface area contributed by atoms with Gasteiger partial charge in [-0.2, -0.15) is 0 Å². The van der Waals surface area contributed by atoms with E-state index in [9.17, 15) is 10.2 Å². The van der Waals surface area contributed by atoms with E-state index in [1.165, 1.54) is 12.1 Å². The van der Waals surface area contributed by atoms with Crippen molar-refractivity contribution < 1.29 is 10.2 Å². The van der Waals surface area contributed by atoms with Crippen molar-refractivity contribution in [3.63, 3.8) is 0 Å². The number of allylic oxidation sites excluding steroid dienone is 4. The SMILES string of the molecule is CC(C)(C1=CC=C(O)CC1(Cl)Cl)c1c(Cl)cc(O)cc1Cl. The second kappa shape index (κ2) is 5.58. The first kappa shape index (κ1) is 16.8. The molecule has 0 saturated carbocycles. The topological polar surface area (TPSA) is 40.5 Å². The van der Waals surface area contributed by atoms with Crippen LogP contribution in [0.15, 0.2) is 35.6 Å². The van der Waals surface area contributed by atoms with Crippen LogP contribution in [0.4, 0.5) is 0 Å². The Morgan fingerprint density at radius 1 is 1.05 bits per heavy atom. The van der Waals surface area contributed by atoms with Crippen molar-refractivity contribution in [3.8, 4) is 5.75 Å². The Hall–Kier alpha value is -0.540. The zero-order valence-corrected chi connectivity index (χ0v) is 14.4. The van der Waals surface area contributed by atoms with E-state index in [1.807, 2.05) is 13.8 Å². The lowest BCUT2D eigenvalue weighted by atomic mass is 9.74. The van der Waals surface area contributed by atoms with Gasteiger partial charge in [0.1, 0.15) is 10.1 Å². The van der Waals surface area contributed by atoms with Gasteiger partial charge in [-0.3, -0.25) is 0 Å². The normalized spacial score (nSPS) is 18.2. The molecule has 0 fully saturated rings. The highest BCUT2D eigenvalue weighted by molar-refractivity contribution is 6.51. The van der Waals surface area contributed by atoms with Gasteiger partial charge in [0.05, 0.1) is 5.76 Å². The van der Waals surface area contributed by atoms with Gasteiger partial charge in [-0.1, -0.05) is 66.3 Å². The van der Waals surface area contributed by atoms with E-state index in [2.05, 4.69) is 0 Å². The molecule has 2 rings (SSSR count). The van der Waals surface area contributed by atoms with Crippen molar-refractivity contribution in [3.05, 3.63) is 51.2 Å². The first-order chi connectivity index (χ1) is 9.55. The highest BCUT2D eigenvalue weighted by atomic mass is 35.5. The summed E-state index contributed by atoms with van der Waals surface area (Å²) in [5.74, 6) is 0.102. The average Bonchev–Trinajstić information content (AvgIpc) is 2.23. The van der Waals surface area contributed by atoms with E-state index < -0.39 is 9.75 Å². The molecule has 6 heteroatoms. The number of hydrogen-bond donors (Lipinski definition) is 2. The Kier molecular flexibility index (Phi) is 4.47. The fraction of sp³-hybridized carbons (Fsp3) is 0.333. The molecule has 0 atom stereocenters. The summed E-state index contributed by atoms with van der Waals surface area (Å²) >= 11 is 25.2. The molecular formula is C15H14Cl4O2. The van der Waals surface area contributed by atoms with Crippen LogP contribution in [0.25, 0.3) is 0 Å². The van der Waals surface area contributed by atoms with Crippen molar-refractivity contribution in [2.45, 2.75) is 30.0 Å². The van der Waals surface area contributed by atoms with Gasteiger partial charge in [-0.15, -0.1) is 0 Å². The van der Waals surface area contributed by atoms with Gasteiger partial charge in [-0.25, -0.2) is 0 Å². The maximum Gasteiger partial charge on any atom is 0.147 e. The highest BCUT2D eigenvalue weighted by Crippen LogP contribution is 2.51. The van der Waals surface area contributed by atoms with Crippen LogP contribution in [0.2, 0.25) is 10.0 Å². The van der Waals surface area contributed by atoms with Crippen LogP contribution in [0.3, 0.4) is 0 Å². The monoisotopic (exact) mass is 366 g/mol. The number of aliphatic hydroxyl groups is 1. The minimum Gasteiger partial charge on any atom is -0.512 e. The van der Waals surface area contributed by atoms with Crippen molar-refractivity contribution in [1.82, 2.24) is 0 Å². The number of halogens is 4. The maximum absolute atomic E-state index is 9.61. The zero-order chi connectivity index (χ0) is 16.0.